The summed E-state index contributed by atoms with van der Waals surface area (Å²) in [6, 6.07) is 5.68. The van der Waals surface area contributed by atoms with Gasteiger partial charge in [0.1, 0.15) is 5.69 Å². The zero-order valence-electron chi connectivity index (χ0n) is 10.8. The number of aryl methyl sites for hydroxylation is 1. The Balaban J connectivity index is 2.05. The van der Waals surface area contributed by atoms with Gasteiger partial charge in [-0.1, -0.05) is 24.8 Å². The zero-order valence-corrected chi connectivity index (χ0v) is 12.5. The number of nitrogens with one attached hydrogen (secondary N) is 1. The highest BCUT2D eigenvalue weighted by atomic mass is 32.2. The molecule has 0 aliphatic rings. The molecule has 0 aliphatic heterocycles. The third-order valence-electron chi connectivity index (χ3n) is 2.34. The maximum atomic E-state index is 12.0. The van der Waals surface area contributed by atoms with Crippen molar-refractivity contribution in [3.63, 3.8) is 0 Å². The van der Waals surface area contributed by atoms with E-state index in [1.54, 1.807) is 17.4 Å². The molecular weight excluding hydrogens is 278 g/mol. The fourth-order valence-electron chi connectivity index (χ4n) is 1.52. The Morgan fingerprint density at radius 3 is 3.00 bits per heavy atom. The number of carbonyl (C=O) groups is 1. The fourth-order valence-corrected chi connectivity index (χ4v) is 2.80. The lowest BCUT2D eigenvalue weighted by atomic mass is 10.3. The van der Waals surface area contributed by atoms with Crippen molar-refractivity contribution < 1.29 is 4.79 Å². The van der Waals surface area contributed by atoms with Crippen molar-refractivity contribution in [3.8, 4) is 0 Å². The second-order valence-corrected chi connectivity index (χ2v) is 6.14. The molecule has 2 aromatic rings. The summed E-state index contributed by atoms with van der Waals surface area (Å²) in [6.07, 6.45) is 0. The first kappa shape index (κ1) is 14.0. The molecule has 100 valence electrons. The van der Waals surface area contributed by atoms with Crippen LogP contribution in [0.4, 0.5) is 0 Å². The van der Waals surface area contributed by atoms with Crippen LogP contribution < -0.4 is 5.32 Å². The fraction of sp³-hybridized carbons (Fsp3) is 0.308. The van der Waals surface area contributed by atoms with Crippen molar-refractivity contribution in [2.75, 3.05) is 5.75 Å². The molecule has 0 aliphatic carbocycles. The summed E-state index contributed by atoms with van der Waals surface area (Å²) in [5.41, 5.74) is 1.24. The molecule has 2 heterocycles. The second-order valence-electron chi connectivity index (χ2n) is 3.87. The monoisotopic (exact) mass is 293 g/mol. The SMILES string of the molecule is CCSc1nc(C)cc(C(=O)NCc2cccs2)n1. The minimum Gasteiger partial charge on any atom is -0.346 e. The molecule has 0 unspecified atom stereocenters. The molecule has 0 spiro atoms. The summed E-state index contributed by atoms with van der Waals surface area (Å²) < 4.78 is 0. The molecule has 1 N–H and O–H groups in total. The topological polar surface area (TPSA) is 54.9 Å². The summed E-state index contributed by atoms with van der Waals surface area (Å²) in [6.45, 7) is 4.44. The minimum atomic E-state index is -0.156. The predicted octanol–water partition coefficient (Wildman–Crippen LogP) is 2.89. The number of aromatic nitrogens is 2. The van der Waals surface area contributed by atoms with Crippen LogP contribution in [0.25, 0.3) is 0 Å². The predicted molar refractivity (Wildman–Crippen MR) is 78.7 cm³/mol. The highest BCUT2D eigenvalue weighted by Gasteiger charge is 2.10. The highest BCUT2D eigenvalue weighted by Crippen LogP contribution is 2.14. The van der Waals surface area contributed by atoms with Crippen LogP contribution in [0, 0.1) is 6.92 Å². The van der Waals surface area contributed by atoms with E-state index in [0.717, 1.165) is 16.3 Å². The second kappa shape index (κ2) is 6.68. The molecule has 0 fully saturated rings. The molecule has 19 heavy (non-hydrogen) atoms. The Morgan fingerprint density at radius 2 is 2.32 bits per heavy atom. The number of thiophene rings is 1. The van der Waals surface area contributed by atoms with Crippen molar-refractivity contribution >= 4 is 29.0 Å². The molecule has 2 aromatic heterocycles. The van der Waals surface area contributed by atoms with Crippen LogP contribution >= 0.6 is 23.1 Å². The molecular formula is C13H15N3OS2. The van der Waals surface area contributed by atoms with E-state index < -0.39 is 0 Å². The van der Waals surface area contributed by atoms with E-state index in [1.807, 2.05) is 31.4 Å². The van der Waals surface area contributed by atoms with Gasteiger partial charge in [-0.25, -0.2) is 9.97 Å². The number of carbonyl (C=O) groups excluding carboxylic acids is 1. The number of amides is 1. The summed E-state index contributed by atoms with van der Waals surface area (Å²) in [5, 5.41) is 5.52. The smallest absolute Gasteiger partial charge is 0.270 e. The van der Waals surface area contributed by atoms with Crippen molar-refractivity contribution in [1.29, 1.82) is 0 Å². The van der Waals surface area contributed by atoms with Crippen LogP contribution in [-0.4, -0.2) is 21.6 Å². The standard InChI is InChI=1S/C13H15N3OS2/c1-3-18-13-15-9(2)7-11(16-13)12(17)14-8-10-5-4-6-19-10/h4-7H,3,8H2,1-2H3,(H,14,17). The first-order valence-corrected chi connectivity index (χ1v) is 7.84. The molecule has 0 saturated carbocycles. The number of nitrogens with zero attached hydrogens (tertiary/aromatic N) is 2. The molecule has 0 radical (unpaired) electrons. The average Bonchev–Trinajstić information content (AvgIpc) is 2.88. The summed E-state index contributed by atoms with van der Waals surface area (Å²) >= 11 is 3.16. The summed E-state index contributed by atoms with van der Waals surface area (Å²) in [5.74, 6) is 0.733. The normalized spacial score (nSPS) is 10.4. The van der Waals surface area contributed by atoms with E-state index in [9.17, 15) is 4.79 Å². The Labute approximate surface area is 120 Å². The maximum absolute atomic E-state index is 12.0. The Kier molecular flexibility index (Phi) is 4.93. The van der Waals surface area contributed by atoms with Gasteiger partial charge >= 0.3 is 0 Å². The van der Waals surface area contributed by atoms with Gasteiger partial charge in [0.05, 0.1) is 6.54 Å². The molecule has 0 atom stereocenters. The van der Waals surface area contributed by atoms with Gasteiger partial charge < -0.3 is 5.32 Å². The van der Waals surface area contributed by atoms with Crippen molar-refractivity contribution in [3.05, 3.63) is 39.8 Å². The van der Waals surface area contributed by atoms with E-state index in [2.05, 4.69) is 15.3 Å². The molecule has 1 amide bonds. The Bertz CT molecular complexity index is 555. The minimum absolute atomic E-state index is 0.156. The van der Waals surface area contributed by atoms with Gasteiger partial charge in [0, 0.05) is 10.6 Å². The van der Waals surface area contributed by atoms with Crippen LogP contribution in [0.15, 0.2) is 28.7 Å². The molecule has 0 aromatic carbocycles. The third-order valence-corrected chi connectivity index (χ3v) is 3.95. The van der Waals surface area contributed by atoms with Crippen LogP contribution in [-0.2, 0) is 6.54 Å². The Hall–Kier alpha value is -1.40. The number of hydrogen-bond donors (Lipinski definition) is 1. The lowest BCUT2D eigenvalue weighted by Crippen LogP contribution is -2.23. The van der Waals surface area contributed by atoms with Gasteiger partial charge in [-0.05, 0) is 30.2 Å². The quantitative estimate of drug-likeness (QED) is 0.680. The van der Waals surface area contributed by atoms with E-state index in [4.69, 9.17) is 0 Å². The molecule has 0 saturated heterocycles. The van der Waals surface area contributed by atoms with Crippen LogP contribution in [0.3, 0.4) is 0 Å². The number of thioether (sulfide) groups is 1. The molecule has 0 bridgehead atoms. The van der Waals surface area contributed by atoms with Crippen molar-refractivity contribution in [1.82, 2.24) is 15.3 Å². The number of rotatable bonds is 5. The van der Waals surface area contributed by atoms with Gasteiger partial charge in [0.25, 0.3) is 5.91 Å². The van der Waals surface area contributed by atoms with Crippen molar-refractivity contribution in [2.45, 2.75) is 25.5 Å². The van der Waals surface area contributed by atoms with E-state index >= 15 is 0 Å². The lowest BCUT2D eigenvalue weighted by Gasteiger charge is -2.05. The molecule has 6 heteroatoms. The van der Waals surface area contributed by atoms with Gasteiger partial charge in [0.15, 0.2) is 5.16 Å². The average molecular weight is 293 g/mol. The summed E-state index contributed by atoms with van der Waals surface area (Å²) in [7, 11) is 0. The highest BCUT2D eigenvalue weighted by molar-refractivity contribution is 7.99. The van der Waals surface area contributed by atoms with Gasteiger partial charge in [-0.3, -0.25) is 4.79 Å². The van der Waals surface area contributed by atoms with Gasteiger partial charge in [0.2, 0.25) is 0 Å². The van der Waals surface area contributed by atoms with Gasteiger partial charge in [-0.2, -0.15) is 0 Å². The summed E-state index contributed by atoms with van der Waals surface area (Å²) in [4.78, 5) is 21.7. The molecule has 2 rings (SSSR count). The first-order chi connectivity index (χ1) is 9.19. The Morgan fingerprint density at radius 1 is 1.47 bits per heavy atom. The maximum Gasteiger partial charge on any atom is 0.270 e. The van der Waals surface area contributed by atoms with Crippen molar-refractivity contribution in [2.24, 2.45) is 0 Å². The van der Waals surface area contributed by atoms with Crippen LogP contribution in [0.5, 0.6) is 0 Å². The first-order valence-electron chi connectivity index (χ1n) is 5.98. The number of hydrogen-bond acceptors (Lipinski definition) is 5. The van der Waals surface area contributed by atoms with E-state index in [0.29, 0.717) is 17.4 Å². The van der Waals surface area contributed by atoms with Crippen LogP contribution in [0.2, 0.25) is 0 Å². The van der Waals surface area contributed by atoms with Crippen LogP contribution in [0.1, 0.15) is 28.0 Å². The lowest BCUT2D eigenvalue weighted by molar-refractivity contribution is 0.0945. The van der Waals surface area contributed by atoms with E-state index in [-0.39, 0.29) is 5.91 Å². The van der Waals surface area contributed by atoms with Gasteiger partial charge in [-0.15, -0.1) is 11.3 Å². The zero-order chi connectivity index (χ0) is 13.7. The largest absolute Gasteiger partial charge is 0.346 e. The third kappa shape index (κ3) is 4.04. The molecule has 4 nitrogen and oxygen atoms in total. The van der Waals surface area contributed by atoms with E-state index in [1.165, 1.54) is 11.8 Å².